The minimum atomic E-state index is -1.03. The second-order valence-electron chi connectivity index (χ2n) is 4.01. The first-order chi connectivity index (χ1) is 9.95. The van der Waals surface area contributed by atoms with Crippen LogP contribution in [0.25, 0.3) is 11.1 Å². The maximum absolute atomic E-state index is 14.1. The van der Waals surface area contributed by atoms with Gasteiger partial charge in [0.1, 0.15) is 11.4 Å². The summed E-state index contributed by atoms with van der Waals surface area (Å²) in [4.78, 5) is 35.6. The van der Waals surface area contributed by atoms with Gasteiger partial charge in [-0.1, -0.05) is 0 Å². The highest BCUT2D eigenvalue weighted by atomic mass is 19.1. The summed E-state index contributed by atoms with van der Waals surface area (Å²) in [5.74, 6) is -1.97. The minimum Gasteiger partial charge on any atom is -0.465 e. The molecule has 0 bridgehead atoms. The fourth-order valence-corrected chi connectivity index (χ4v) is 1.83. The Morgan fingerprint density at radius 1 is 1.38 bits per heavy atom. The molecule has 0 spiro atoms. The summed E-state index contributed by atoms with van der Waals surface area (Å²) in [6.07, 6.45) is 1.35. The molecule has 21 heavy (non-hydrogen) atoms. The van der Waals surface area contributed by atoms with Crippen LogP contribution < -0.4 is 5.56 Å². The summed E-state index contributed by atoms with van der Waals surface area (Å²) in [6, 6.07) is 4.30. The Morgan fingerprint density at radius 3 is 2.67 bits per heavy atom. The molecule has 0 amide bonds. The van der Waals surface area contributed by atoms with E-state index in [1.54, 1.807) is 0 Å². The number of nitro groups is 1. The van der Waals surface area contributed by atoms with E-state index >= 15 is 0 Å². The summed E-state index contributed by atoms with van der Waals surface area (Å²) < 4.78 is 18.4. The lowest BCUT2D eigenvalue weighted by Crippen LogP contribution is -2.11. The molecule has 108 valence electrons. The zero-order chi connectivity index (χ0) is 15.6. The summed E-state index contributed by atoms with van der Waals surface area (Å²) in [5.41, 5.74) is -2.10. The average Bonchev–Trinajstić information content (AvgIpc) is 2.46. The first-order valence-corrected chi connectivity index (χ1v) is 5.70. The molecule has 0 saturated heterocycles. The van der Waals surface area contributed by atoms with Gasteiger partial charge >= 0.3 is 5.97 Å². The smallest absolute Gasteiger partial charge is 0.344 e. The molecule has 0 aliphatic carbocycles. The third kappa shape index (κ3) is 2.64. The Hall–Kier alpha value is -3.03. The van der Waals surface area contributed by atoms with Gasteiger partial charge in [-0.15, -0.1) is 0 Å². The van der Waals surface area contributed by atoms with Crippen LogP contribution in [0.3, 0.4) is 0 Å². The average molecular weight is 292 g/mol. The minimum absolute atomic E-state index is 0.0745. The SMILES string of the molecule is COC(=O)c1cc(F)c(-c2ccc[nH]c2=O)cc1[N+](=O)[O-]. The van der Waals surface area contributed by atoms with Gasteiger partial charge in [-0.2, -0.15) is 0 Å². The third-order valence-electron chi connectivity index (χ3n) is 2.80. The molecule has 1 heterocycles. The number of H-pyrrole nitrogens is 1. The number of nitro benzene ring substituents is 1. The monoisotopic (exact) mass is 292 g/mol. The van der Waals surface area contributed by atoms with Crippen molar-refractivity contribution in [2.75, 3.05) is 7.11 Å². The number of rotatable bonds is 3. The Morgan fingerprint density at radius 2 is 2.10 bits per heavy atom. The van der Waals surface area contributed by atoms with E-state index in [1.807, 2.05) is 0 Å². The normalized spacial score (nSPS) is 10.2. The fraction of sp³-hybridized carbons (Fsp3) is 0.0769. The van der Waals surface area contributed by atoms with Gasteiger partial charge < -0.3 is 9.72 Å². The van der Waals surface area contributed by atoms with Crippen molar-refractivity contribution in [1.82, 2.24) is 4.98 Å². The van der Waals surface area contributed by atoms with Crippen LogP contribution in [0.4, 0.5) is 10.1 Å². The number of nitrogens with zero attached hydrogens (tertiary/aromatic N) is 1. The molecule has 8 heteroatoms. The third-order valence-corrected chi connectivity index (χ3v) is 2.80. The summed E-state index contributed by atoms with van der Waals surface area (Å²) >= 11 is 0. The molecular formula is C13H9FN2O5. The van der Waals surface area contributed by atoms with Crippen molar-refractivity contribution in [2.24, 2.45) is 0 Å². The number of carbonyl (C=O) groups is 1. The topological polar surface area (TPSA) is 102 Å². The summed E-state index contributed by atoms with van der Waals surface area (Å²) in [5, 5.41) is 11.0. The van der Waals surface area contributed by atoms with E-state index in [2.05, 4.69) is 9.72 Å². The van der Waals surface area contributed by atoms with E-state index in [4.69, 9.17) is 0 Å². The molecule has 0 aliphatic rings. The molecule has 7 nitrogen and oxygen atoms in total. The predicted molar refractivity (Wildman–Crippen MR) is 70.5 cm³/mol. The second kappa shape index (κ2) is 5.53. The zero-order valence-corrected chi connectivity index (χ0v) is 10.8. The van der Waals surface area contributed by atoms with E-state index in [0.717, 1.165) is 13.2 Å². The predicted octanol–water partition coefficient (Wildman–Crippen LogP) is 1.88. The number of esters is 1. The Bertz CT molecular complexity index is 784. The molecule has 0 unspecified atom stereocenters. The molecule has 2 aromatic rings. The molecule has 0 radical (unpaired) electrons. The van der Waals surface area contributed by atoms with E-state index in [-0.39, 0.29) is 11.1 Å². The van der Waals surface area contributed by atoms with Gasteiger partial charge in [-0.3, -0.25) is 14.9 Å². The van der Waals surface area contributed by atoms with Gasteiger partial charge in [0.2, 0.25) is 0 Å². The fourth-order valence-electron chi connectivity index (χ4n) is 1.83. The van der Waals surface area contributed by atoms with Gasteiger partial charge in [-0.25, -0.2) is 9.18 Å². The number of halogens is 1. The van der Waals surface area contributed by atoms with Crippen LogP contribution in [-0.2, 0) is 4.74 Å². The summed E-state index contributed by atoms with van der Waals surface area (Å²) in [7, 11) is 1.03. The van der Waals surface area contributed by atoms with E-state index in [9.17, 15) is 24.1 Å². The summed E-state index contributed by atoms with van der Waals surface area (Å²) in [6.45, 7) is 0. The highest BCUT2D eigenvalue weighted by Gasteiger charge is 2.25. The van der Waals surface area contributed by atoms with Crippen LogP contribution in [-0.4, -0.2) is 23.0 Å². The maximum atomic E-state index is 14.1. The Balaban J connectivity index is 2.74. The molecule has 0 fully saturated rings. The molecule has 2 rings (SSSR count). The van der Waals surface area contributed by atoms with Gasteiger partial charge in [0, 0.05) is 17.8 Å². The van der Waals surface area contributed by atoms with Crippen molar-refractivity contribution in [3.8, 4) is 11.1 Å². The molecule has 0 aliphatic heterocycles. The number of carbonyl (C=O) groups excluding carboxylic acids is 1. The number of ether oxygens (including phenoxy) is 1. The lowest BCUT2D eigenvalue weighted by atomic mass is 10.0. The van der Waals surface area contributed by atoms with Crippen molar-refractivity contribution < 1.29 is 18.8 Å². The highest BCUT2D eigenvalue weighted by molar-refractivity contribution is 5.95. The van der Waals surface area contributed by atoms with Gasteiger partial charge in [-0.05, 0) is 18.2 Å². The number of aromatic nitrogens is 1. The number of pyridine rings is 1. The number of methoxy groups -OCH3 is 1. The number of nitrogens with one attached hydrogen (secondary N) is 1. The van der Waals surface area contributed by atoms with Gasteiger partial charge in [0.25, 0.3) is 11.2 Å². The molecule has 0 saturated carbocycles. The molecule has 1 aromatic carbocycles. The van der Waals surface area contributed by atoms with E-state index < -0.39 is 33.5 Å². The molecule has 1 aromatic heterocycles. The van der Waals surface area contributed by atoms with Crippen LogP contribution in [0.15, 0.2) is 35.3 Å². The second-order valence-corrected chi connectivity index (χ2v) is 4.01. The number of hydrogen-bond donors (Lipinski definition) is 1. The van der Waals surface area contributed by atoms with Crippen LogP contribution in [0.2, 0.25) is 0 Å². The number of hydrogen-bond acceptors (Lipinski definition) is 5. The Labute approximate surface area is 117 Å². The van der Waals surface area contributed by atoms with Crippen LogP contribution in [0.1, 0.15) is 10.4 Å². The first kappa shape index (κ1) is 14.4. The van der Waals surface area contributed by atoms with Crippen molar-refractivity contribution in [2.45, 2.75) is 0 Å². The quantitative estimate of drug-likeness (QED) is 0.528. The lowest BCUT2D eigenvalue weighted by Gasteiger charge is -2.06. The van der Waals surface area contributed by atoms with Gasteiger partial charge in [0.05, 0.1) is 17.6 Å². The molecule has 1 N–H and O–H groups in total. The van der Waals surface area contributed by atoms with E-state index in [1.165, 1.54) is 18.3 Å². The standard InChI is InChI=1S/C13H9FN2O5/c1-21-13(18)9-5-10(14)8(6-11(9)16(19)20)7-3-2-4-15-12(7)17/h2-6H,1H3,(H,15,17). The van der Waals surface area contributed by atoms with Crippen molar-refractivity contribution in [3.05, 3.63) is 62.3 Å². The van der Waals surface area contributed by atoms with Crippen LogP contribution >= 0.6 is 0 Å². The van der Waals surface area contributed by atoms with Crippen molar-refractivity contribution in [3.63, 3.8) is 0 Å². The van der Waals surface area contributed by atoms with Crippen molar-refractivity contribution >= 4 is 11.7 Å². The number of benzene rings is 1. The zero-order valence-electron chi connectivity index (χ0n) is 10.8. The van der Waals surface area contributed by atoms with E-state index in [0.29, 0.717) is 6.07 Å². The largest absolute Gasteiger partial charge is 0.465 e. The number of aromatic amines is 1. The lowest BCUT2D eigenvalue weighted by molar-refractivity contribution is -0.385. The Kier molecular flexibility index (Phi) is 3.79. The van der Waals surface area contributed by atoms with Crippen LogP contribution in [0, 0.1) is 15.9 Å². The van der Waals surface area contributed by atoms with Gasteiger partial charge in [0.15, 0.2) is 0 Å². The first-order valence-electron chi connectivity index (χ1n) is 5.70. The maximum Gasteiger partial charge on any atom is 0.344 e. The molecular weight excluding hydrogens is 283 g/mol. The van der Waals surface area contributed by atoms with Crippen LogP contribution in [0.5, 0.6) is 0 Å². The molecule has 0 atom stereocenters. The highest BCUT2D eigenvalue weighted by Crippen LogP contribution is 2.29. The van der Waals surface area contributed by atoms with Crippen molar-refractivity contribution in [1.29, 1.82) is 0 Å².